The van der Waals surface area contributed by atoms with Crippen LogP contribution >= 0.6 is 0 Å². The van der Waals surface area contributed by atoms with Gasteiger partial charge in [0.25, 0.3) is 0 Å². The maximum absolute atomic E-state index is 11.7. The highest BCUT2D eigenvalue weighted by Crippen LogP contribution is 2.22. The molecule has 0 aliphatic rings. The molecule has 0 saturated carbocycles. The smallest absolute Gasteiger partial charge is 0.334 e. The molecule has 0 spiro atoms. The highest BCUT2D eigenvalue weighted by Gasteiger charge is 2.24. The Hall–Kier alpha value is -1.32. The zero-order valence-electron chi connectivity index (χ0n) is 11.3. The predicted molar refractivity (Wildman–Crippen MR) is 65.4 cm³/mol. The van der Waals surface area contributed by atoms with Gasteiger partial charge in [0.2, 0.25) is 0 Å². The van der Waals surface area contributed by atoms with Crippen molar-refractivity contribution in [1.82, 2.24) is 0 Å². The van der Waals surface area contributed by atoms with E-state index in [0.29, 0.717) is 17.6 Å². The van der Waals surface area contributed by atoms with Gasteiger partial charge in [-0.05, 0) is 18.8 Å². The molecule has 0 aromatic heterocycles. The van der Waals surface area contributed by atoms with E-state index in [2.05, 4.69) is 0 Å². The van der Waals surface area contributed by atoms with E-state index in [4.69, 9.17) is 9.47 Å². The van der Waals surface area contributed by atoms with Gasteiger partial charge < -0.3 is 9.47 Å². The molecule has 0 atom stereocenters. The monoisotopic (exact) mass is 242 g/mol. The molecule has 0 fully saturated rings. The van der Waals surface area contributed by atoms with Gasteiger partial charge in [-0.3, -0.25) is 0 Å². The van der Waals surface area contributed by atoms with Gasteiger partial charge in [-0.15, -0.1) is 0 Å². The van der Waals surface area contributed by atoms with E-state index in [1.807, 2.05) is 20.8 Å². The van der Waals surface area contributed by atoms with E-state index in [-0.39, 0.29) is 5.92 Å². The summed E-state index contributed by atoms with van der Waals surface area (Å²) in [7, 11) is 2.64. The topological polar surface area (TPSA) is 52.6 Å². The molecule has 98 valence electrons. The van der Waals surface area contributed by atoms with Gasteiger partial charge >= 0.3 is 11.9 Å². The fourth-order valence-electron chi connectivity index (χ4n) is 1.64. The first kappa shape index (κ1) is 15.7. The molecule has 0 unspecified atom stereocenters. The summed E-state index contributed by atoms with van der Waals surface area (Å²) in [5, 5.41) is 0. The zero-order valence-corrected chi connectivity index (χ0v) is 11.3. The van der Waals surface area contributed by atoms with E-state index in [0.717, 1.165) is 12.8 Å². The van der Waals surface area contributed by atoms with Crippen molar-refractivity contribution < 1.29 is 19.1 Å². The minimum atomic E-state index is -0.448. The highest BCUT2D eigenvalue weighted by atomic mass is 16.5. The summed E-state index contributed by atoms with van der Waals surface area (Å²) in [5.74, 6) is -0.947. The lowest BCUT2D eigenvalue weighted by Gasteiger charge is -2.14. The zero-order chi connectivity index (χ0) is 13.4. The number of esters is 2. The van der Waals surface area contributed by atoms with Crippen LogP contribution in [-0.4, -0.2) is 26.2 Å². The number of rotatable bonds is 6. The third kappa shape index (κ3) is 4.59. The second-order valence-electron chi connectivity index (χ2n) is 4.13. The predicted octanol–water partition coefficient (Wildman–Crippen LogP) is 2.48. The molecule has 4 heteroatoms. The molecule has 0 radical (unpaired) electrons. The Kier molecular flexibility index (Phi) is 7.26. The molecule has 0 aromatic carbocycles. The molecule has 17 heavy (non-hydrogen) atoms. The summed E-state index contributed by atoms with van der Waals surface area (Å²) in [5.41, 5.74) is 0.865. The second-order valence-corrected chi connectivity index (χ2v) is 4.13. The molecule has 0 bridgehead atoms. The molecule has 0 aliphatic carbocycles. The van der Waals surface area contributed by atoms with E-state index >= 15 is 0 Å². The number of carbonyl (C=O) groups is 2. The van der Waals surface area contributed by atoms with Crippen LogP contribution in [0.3, 0.4) is 0 Å². The summed E-state index contributed by atoms with van der Waals surface area (Å²) in [4.78, 5) is 23.4. The fraction of sp³-hybridized carbons (Fsp3) is 0.692. The van der Waals surface area contributed by atoms with Crippen molar-refractivity contribution in [2.45, 2.75) is 40.0 Å². The lowest BCUT2D eigenvalue weighted by atomic mass is 9.94. The van der Waals surface area contributed by atoms with Gasteiger partial charge in [0.05, 0.1) is 19.8 Å². The SMILES string of the molecule is CCCCC(C(=O)OC)=C(C(=O)OC)C(C)C. The van der Waals surface area contributed by atoms with Crippen molar-refractivity contribution in [2.75, 3.05) is 14.2 Å². The van der Waals surface area contributed by atoms with Crippen LogP contribution in [0.1, 0.15) is 40.0 Å². The number of methoxy groups -OCH3 is 2. The van der Waals surface area contributed by atoms with E-state index in [1.54, 1.807) is 0 Å². The molecule has 0 N–H and O–H groups in total. The average molecular weight is 242 g/mol. The lowest BCUT2D eigenvalue weighted by Crippen LogP contribution is -2.18. The van der Waals surface area contributed by atoms with Crippen LogP contribution < -0.4 is 0 Å². The molecular formula is C13H22O4. The van der Waals surface area contributed by atoms with Crippen molar-refractivity contribution in [3.63, 3.8) is 0 Å². The highest BCUT2D eigenvalue weighted by molar-refractivity contribution is 6.00. The van der Waals surface area contributed by atoms with Crippen LogP contribution in [0.25, 0.3) is 0 Å². The van der Waals surface area contributed by atoms with Gasteiger partial charge in [0, 0.05) is 5.57 Å². The summed E-state index contributed by atoms with van der Waals surface area (Å²) in [6, 6.07) is 0. The minimum absolute atomic E-state index is 0.0617. The molecule has 0 saturated heterocycles. The Morgan fingerprint density at radius 1 is 1.06 bits per heavy atom. The number of carbonyl (C=O) groups excluding carboxylic acids is 2. The van der Waals surface area contributed by atoms with E-state index in [9.17, 15) is 9.59 Å². The third-order valence-electron chi connectivity index (χ3n) is 2.52. The van der Waals surface area contributed by atoms with Crippen molar-refractivity contribution in [3.8, 4) is 0 Å². The normalized spacial score (nSPS) is 12.1. The molecular weight excluding hydrogens is 220 g/mol. The Morgan fingerprint density at radius 3 is 1.94 bits per heavy atom. The minimum Gasteiger partial charge on any atom is -0.466 e. The first-order chi connectivity index (χ1) is 7.99. The standard InChI is InChI=1S/C13H22O4/c1-6-7-8-10(12(14)16-4)11(9(2)3)13(15)17-5/h9H,6-8H2,1-5H3. The van der Waals surface area contributed by atoms with Crippen molar-refractivity contribution in [2.24, 2.45) is 5.92 Å². The largest absolute Gasteiger partial charge is 0.466 e. The Morgan fingerprint density at radius 2 is 1.59 bits per heavy atom. The number of ether oxygens (including phenoxy) is 2. The summed E-state index contributed by atoms with van der Waals surface area (Å²) in [6.45, 7) is 5.75. The fourth-order valence-corrected chi connectivity index (χ4v) is 1.64. The maximum Gasteiger partial charge on any atom is 0.334 e. The third-order valence-corrected chi connectivity index (χ3v) is 2.52. The van der Waals surface area contributed by atoms with Crippen LogP contribution in [0.4, 0.5) is 0 Å². The Labute approximate surface area is 103 Å². The quantitative estimate of drug-likeness (QED) is 0.530. The Bertz CT molecular complexity index is 303. The van der Waals surface area contributed by atoms with Gasteiger partial charge in [0.15, 0.2) is 0 Å². The van der Waals surface area contributed by atoms with Crippen molar-refractivity contribution in [1.29, 1.82) is 0 Å². The Balaban J connectivity index is 5.38. The lowest BCUT2D eigenvalue weighted by molar-refractivity contribution is -0.139. The van der Waals surface area contributed by atoms with Gasteiger partial charge in [0.1, 0.15) is 0 Å². The molecule has 0 aromatic rings. The number of hydrogen-bond acceptors (Lipinski definition) is 4. The molecule has 0 rings (SSSR count). The van der Waals surface area contributed by atoms with Crippen LogP contribution in [0.2, 0.25) is 0 Å². The second kappa shape index (κ2) is 7.87. The number of unbranched alkanes of at least 4 members (excludes halogenated alkanes) is 1. The van der Waals surface area contributed by atoms with Gasteiger partial charge in [-0.2, -0.15) is 0 Å². The van der Waals surface area contributed by atoms with Crippen LogP contribution in [0.5, 0.6) is 0 Å². The molecule has 0 aliphatic heterocycles. The van der Waals surface area contributed by atoms with Gasteiger partial charge in [-0.1, -0.05) is 27.2 Å². The average Bonchev–Trinajstić information content (AvgIpc) is 2.32. The van der Waals surface area contributed by atoms with E-state index < -0.39 is 11.9 Å². The van der Waals surface area contributed by atoms with Crippen LogP contribution in [0, 0.1) is 5.92 Å². The van der Waals surface area contributed by atoms with Crippen LogP contribution in [0.15, 0.2) is 11.1 Å². The molecule has 0 amide bonds. The summed E-state index contributed by atoms with van der Waals surface area (Å²) >= 11 is 0. The van der Waals surface area contributed by atoms with Crippen molar-refractivity contribution >= 4 is 11.9 Å². The van der Waals surface area contributed by atoms with E-state index in [1.165, 1.54) is 14.2 Å². The maximum atomic E-state index is 11.7. The van der Waals surface area contributed by atoms with Crippen LogP contribution in [-0.2, 0) is 19.1 Å². The number of hydrogen-bond donors (Lipinski definition) is 0. The molecule has 4 nitrogen and oxygen atoms in total. The van der Waals surface area contributed by atoms with Gasteiger partial charge in [-0.25, -0.2) is 9.59 Å². The first-order valence-electron chi connectivity index (χ1n) is 5.89. The molecule has 0 heterocycles. The summed E-state index contributed by atoms with van der Waals surface area (Å²) in [6.07, 6.45) is 2.34. The van der Waals surface area contributed by atoms with Crippen molar-refractivity contribution in [3.05, 3.63) is 11.1 Å². The first-order valence-corrected chi connectivity index (χ1v) is 5.89. The summed E-state index contributed by atoms with van der Waals surface area (Å²) < 4.78 is 9.46.